The van der Waals surface area contributed by atoms with Gasteiger partial charge in [-0.2, -0.15) is 5.10 Å². The molecule has 122 valence electrons. The molecule has 4 rings (SSSR count). The molecule has 2 fully saturated rings. The zero-order valence-electron chi connectivity index (χ0n) is 13.1. The van der Waals surface area contributed by atoms with Crippen LogP contribution in [0.15, 0.2) is 12.3 Å². The monoisotopic (exact) mass is 334 g/mol. The summed E-state index contributed by atoms with van der Waals surface area (Å²) in [4.78, 5) is 17.2. The Bertz CT molecular complexity index is 918. The Labute approximate surface area is 134 Å². The highest BCUT2D eigenvalue weighted by Crippen LogP contribution is 2.38. The van der Waals surface area contributed by atoms with Crippen molar-refractivity contribution in [3.05, 3.63) is 29.2 Å². The molecule has 23 heavy (non-hydrogen) atoms. The molecule has 2 atom stereocenters. The van der Waals surface area contributed by atoms with Crippen molar-refractivity contribution in [3.63, 3.8) is 0 Å². The van der Waals surface area contributed by atoms with Crippen molar-refractivity contribution >= 4 is 21.6 Å². The maximum atomic E-state index is 12.9. The van der Waals surface area contributed by atoms with E-state index >= 15 is 0 Å². The first kappa shape index (κ1) is 14.6. The quantitative estimate of drug-likeness (QED) is 0.785. The number of pyridine rings is 1. The molecule has 2 aromatic rings. The van der Waals surface area contributed by atoms with Crippen molar-refractivity contribution in [2.75, 3.05) is 5.75 Å². The van der Waals surface area contributed by atoms with Crippen LogP contribution in [-0.2, 0) is 10.0 Å². The Balaban J connectivity index is 1.79. The largest absolute Gasteiger partial charge is 0.269 e. The molecule has 2 aliphatic rings. The average molecular weight is 334 g/mol. The number of hydrogen-bond donors (Lipinski definition) is 0. The third kappa shape index (κ3) is 2.23. The van der Waals surface area contributed by atoms with E-state index in [0.29, 0.717) is 17.0 Å². The summed E-state index contributed by atoms with van der Waals surface area (Å²) in [6, 6.07) is 1.50. The number of aryl methyl sites for hydroxylation is 2. The fourth-order valence-electron chi connectivity index (χ4n) is 3.81. The summed E-state index contributed by atoms with van der Waals surface area (Å²) in [5.74, 6) is 0.450. The van der Waals surface area contributed by atoms with Crippen LogP contribution in [0.2, 0.25) is 0 Å². The fourth-order valence-corrected chi connectivity index (χ4v) is 5.87. The molecule has 2 bridgehead atoms. The predicted octanol–water partition coefficient (Wildman–Crippen LogP) is 1.30. The summed E-state index contributed by atoms with van der Waals surface area (Å²) in [6.07, 6.45) is 4.00. The van der Waals surface area contributed by atoms with Crippen LogP contribution >= 0.6 is 0 Å². The number of amides is 1. The summed E-state index contributed by atoms with van der Waals surface area (Å²) in [7, 11) is -3.53. The number of rotatable bonds is 1. The number of hydrogen-bond acceptors (Lipinski definition) is 5. The van der Waals surface area contributed by atoms with Gasteiger partial charge in [0.1, 0.15) is 5.82 Å². The molecule has 1 amide bonds. The van der Waals surface area contributed by atoms with Crippen molar-refractivity contribution in [2.45, 2.75) is 39.2 Å². The van der Waals surface area contributed by atoms with Crippen LogP contribution in [0.1, 0.15) is 41.0 Å². The third-order valence-corrected chi connectivity index (χ3v) is 6.72. The highest BCUT2D eigenvalue weighted by atomic mass is 32.2. The number of aromatic nitrogens is 3. The number of fused-ring (bicyclic) bond motifs is 3. The fraction of sp³-hybridized carbons (Fsp3) is 0.533. The minimum atomic E-state index is -3.53. The van der Waals surface area contributed by atoms with Gasteiger partial charge < -0.3 is 0 Å². The van der Waals surface area contributed by atoms with Gasteiger partial charge in [0.25, 0.3) is 5.91 Å². The van der Waals surface area contributed by atoms with E-state index in [1.54, 1.807) is 23.7 Å². The van der Waals surface area contributed by atoms with E-state index < -0.39 is 15.9 Å². The zero-order chi connectivity index (χ0) is 16.4. The normalized spacial score (nSPS) is 25.9. The van der Waals surface area contributed by atoms with Gasteiger partial charge in [-0.05, 0) is 50.7 Å². The van der Waals surface area contributed by atoms with E-state index in [9.17, 15) is 13.2 Å². The van der Waals surface area contributed by atoms with Crippen LogP contribution in [0.4, 0.5) is 0 Å². The molecular formula is C15H18N4O3S. The molecule has 1 aliphatic heterocycles. The standard InChI is InChI=1S/C15H18N4O3S/c1-9-5-12(7-18-14(9)16-10(2)17-18)15(20)19-13-4-3-11(6-13)8-23(19,21)22/h5,7,11,13H,3-4,6,8H2,1-2H3/t11-,13+/m0/s1. The van der Waals surface area contributed by atoms with Crippen LogP contribution in [0.25, 0.3) is 5.65 Å². The minimum Gasteiger partial charge on any atom is -0.268 e. The van der Waals surface area contributed by atoms with Crippen LogP contribution in [0.3, 0.4) is 0 Å². The molecule has 8 heteroatoms. The number of nitrogens with zero attached hydrogens (tertiary/aromatic N) is 4. The molecule has 0 unspecified atom stereocenters. The van der Waals surface area contributed by atoms with E-state index in [1.807, 2.05) is 6.92 Å². The predicted molar refractivity (Wildman–Crippen MR) is 83.5 cm³/mol. The summed E-state index contributed by atoms with van der Waals surface area (Å²) < 4.78 is 27.6. The van der Waals surface area contributed by atoms with Crippen molar-refractivity contribution in [1.29, 1.82) is 0 Å². The van der Waals surface area contributed by atoms with Crippen LogP contribution in [0, 0.1) is 19.8 Å². The van der Waals surface area contributed by atoms with E-state index in [2.05, 4.69) is 10.1 Å². The lowest BCUT2D eigenvalue weighted by molar-refractivity contribution is 0.0814. The lowest BCUT2D eigenvalue weighted by Crippen LogP contribution is -2.48. The molecule has 0 aromatic carbocycles. The van der Waals surface area contributed by atoms with Crippen molar-refractivity contribution in [2.24, 2.45) is 5.92 Å². The van der Waals surface area contributed by atoms with Crippen molar-refractivity contribution in [1.82, 2.24) is 18.9 Å². The summed E-state index contributed by atoms with van der Waals surface area (Å²) in [5, 5.41) is 4.23. The summed E-state index contributed by atoms with van der Waals surface area (Å²) in [5.41, 5.74) is 1.82. The van der Waals surface area contributed by atoms with Gasteiger partial charge in [-0.25, -0.2) is 22.2 Å². The number of carbonyl (C=O) groups is 1. The SMILES string of the molecule is Cc1nc2c(C)cc(C(=O)N3[C@@H]4CC[C@@H](C4)CS3(=O)=O)cn2n1. The second-order valence-corrected chi connectivity index (χ2v) is 8.44. The van der Waals surface area contributed by atoms with Crippen LogP contribution in [-0.4, -0.2) is 45.0 Å². The average Bonchev–Trinajstić information content (AvgIpc) is 3.01. The first-order valence-electron chi connectivity index (χ1n) is 7.75. The molecular weight excluding hydrogens is 316 g/mol. The highest BCUT2D eigenvalue weighted by Gasteiger charge is 2.46. The Morgan fingerprint density at radius 1 is 1.30 bits per heavy atom. The van der Waals surface area contributed by atoms with Crippen LogP contribution in [0.5, 0.6) is 0 Å². The number of sulfonamides is 1. The first-order valence-corrected chi connectivity index (χ1v) is 9.36. The molecule has 1 saturated carbocycles. The lowest BCUT2D eigenvalue weighted by Gasteiger charge is -2.32. The van der Waals surface area contributed by atoms with Crippen LogP contribution < -0.4 is 0 Å². The molecule has 1 aliphatic carbocycles. The number of carbonyl (C=O) groups excluding carboxylic acids is 1. The van der Waals surface area contributed by atoms with E-state index in [-0.39, 0.29) is 17.7 Å². The van der Waals surface area contributed by atoms with Gasteiger partial charge in [-0.3, -0.25) is 4.79 Å². The maximum Gasteiger partial charge on any atom is 0.269 e. The second-order valence-electron chi connectivity index (χ2n) is 6.55. The Kier molecular flexibility index (Phi) is 3.03. The van der Waals surface area contributed by atoms with Crippen molar-refractivity contribution < 1.29 is 13.2 Å². The smallest absolute Gasteiger partial charge is 0.268 e. The molecule has 7 nitrogen and oxygen atoms in total. The maximum absolute atomic E-state index is 12.9. The van der Waals surface area contributed by atoms with Gasteiger partial charge >= 0.3 is 0 Å². The molecule has 0 spiro atoms. The Hall–Kier alpha value is -1.96. The molecule has 3 heterocycles. The third-order valence-electron chi connectivity index (χ3n) is 4.76. The summed E-state index contributed by atoms with van der Waals surface area (Å²) >= 11 is 0. The van der Waals surface area contributed by atoms with E-state index in [0.717, 1.165) is 29.1 Å². The Morgan fingerprint density at radius 2 is 2.09 bits per heavy atom. The lowest BCUT2D eigenvalue weighted by atomic mass is 10.1. The van der Waals surface area contributed by atoms with E-state index in [1.165, 1.54) is 0 Å². The van der Waals surface area contributed by atoms with Gasteiger partial charge in [0.15, 0.2) is 5.65 Å². The van der Waals surface area contributed by atoms with Crippen molar-refractivity contribution in [3.8, 4) is 0 Å². The van der Waals surface area contributed by atoms with Gasteiger partial charge in [0.2, 0.25) is 10.0 Å². The minimum absolute atomic E-state index is 0.0822. The highest BCUT2D eigenvalue weighted by molar-refractivity contribution is 7.89. The Morgan fingerprint density at radius 3 is 2.87 bits per heavy atom. The molecule has 0 N–H and O–H groups in total. The molecule has 1 saturated heterocycles. The molecule has 0 radical (unpaired) electrons. The second kappa shape index (κ2) is 4.77. The first-order chi connectivity index (χ1) is 10.8. The topological polar surface area (TPSA) is 84.6 Å². The van der Waals surface area contributed by atoms with E-state index in [4.69, 9.17) is 0 Å². The summed E-state index contributed by atoms with van der Waals surface area (Å²) in [6.45, 7) is 3.62. The van der Waals surface area contributed by atoms with Gasteiger partial charge in [-0.1, -0.05) is 0 Å². The zero-order valence-corrected chi connectivity index (χ0v) is 13.9. The molecule has 2 aromatic heterocycles. The van der Waals surface area contributed by atoms with Gasteiger partial charge in [0.05, 0.1) is 11.3 Å². The van der Waals surface area contributed by atoms with Gasteiger partial charge in [-0.15, -0.1) is 0 Å². The van der Waals surface area contributed by atoms with Gasteiger partial charge in [0, 0.05) is 12.2 Å².